The van der Waals surface area contributed by atoms with Crippen molar-refractivity contribution < 1.29 is 13.2 Å². The van der Waals surface area contributed by atoms with E-state index in [2.05, 4.69) is 5.32 Å². The van der Waals surface area contributed by atoms with Crippen LogP contribution >= 0.6 is 11.6 Å². The summed E-state index contributed by atoms with van der Waals surface area (Å²) in [5.41, 5.74) is 3.79. The van der Waals surface area contributed by atoms with Gasteiger partial charge in [-0.2, -0.15) is 0 Å². The molecule has 1 N–H and O–H groups in total. The molecule has 0 fully saturated rings. The second-order valence-electron chi connectivity index (χ2n) is 8.53. The van der Waals surface area contributed by atoms with Crippen LogP contribution in [0.3, 0.4) is 0 Å². The molecule has 0 aliphatic heterocycles. The molecular formula is C29H27ClN2O3S. The number of amides is 1. The van der Waals surface area contributed by atoms with Crippen molar-refractivity contribution in [3.8, 4) is 0 Å². The molecule has 0 bridgehead atoms. The van der Waals surface area contributed by atoms with E-state index in [1.54, 1.807) is 43.3 Å². The predicted molar refractivity (Wildman–Crippen MR) is 145 cm³/mol. The predicted octanol–water partition coefficient (Wildman–Crippen LogP) is 6.06. The number of aryl methyl sites for hydroxylation is 1. The number of sulfonamides is 1. The summed E-state index contributed by atoms with van der Waals surface area (Å²) in [6.45, 7) is 3.32. The van der Waals surface area contributed by atoms with Gasteiger partial charge in [-0.05, 0) is 54.8 Å². The zero-order chi connectivity index (χ0) is 25.7. The van der Waals surface area contributed by atoms with Crippen LogP contribution in [-0.2, 0) is 14.8 Å². The van der Waals surface area contributed by atoms with Crippen LogP contribution in [0, 0.1) is 13.8 Å². The Hall–Kier alpha value is -3.61. The molecule has 0 aliphatic carbocycles. The van der Waals surface area contributed by atoms with Gasteiger partial charge in [0, 0.05) is 5.02 Å². The Kier molecular flexibility index (Phi) is 7.77. The molecule has 4 aromatic rings. The third kappa shape index (κ3) is 5.61. The summed E-state index contributed by atoms with van der Waals surface area (Å²) in [6, 6.07) is 30.1. The lowest BCUT2D eigenvalue weighted by molar-refractivity contribution is -0.120. The number of benzene rings is 4. The molecule has 0 saturated carbocycles. The van der Waals surface area contributed by atoms with Gasteiger partial charge in [-0.3, -0.25) is 9.10 Å². The van der Waals surface area contributed by atoms with Crippen LogP contribution in [0.15, 0.2) is 108 Å². The number of carbonyl (C=O) groups excluding carboxylic acids is 1. The van der Waals surface area contributed by atoms with Gasteiger partial charge in [0.2, 0.25) is 5.91 Å². The molecule has 1 unspecified atom stereocenters. The standard InChI is InChI=1S/C29H27ClN2O3S/c1-21-11-9-14-24(19-21)29(23-12-5-3-6-13-23)31-28(33)20-32(27-18-10-17-26(30)22(27)2)36(34,35)25-15-7-4-8-16-25/h3-19,29H,20H2,1-2H3,(H,31,33). The van der Waals surface area contributed by atoms with Gasteiger partial charge in [0.1, 0.15) is 6.54 Å². The van der Waals surface area contributed by atoms with Crippen molar-refractivity contribution in [3.05, 3.63) is 130 Å². The van der Waals surface area contributed by atoms with Crippen molar-refractivity contribution in [1.29, 1.82) is 0 Å². The topological polar surface area (TPSA) is 66.5 Å². The van der Waals surface area contributed by atoms with Crippen molar-refractivity contribution in [2.45, 2.75) is 24.8 Å². The summed E-state index contributed by atoms with van der Waals surface area (Å²) < 4.78 is 28.5. The van der Waals surface area contributed by atoms with Crippen molar-refractivity contribution in [1.82, 2.24) is 5.32 Å². The number of nitrogens with zero attached hydrogens (tertiary/aromatic N) is 1. The normalized spacial score (nSPS) is 12.1. The number of nitrogens with one attached hydrogen (secondary N) is 1. The van der Waals surface area contributed by atoms with E-state index in [0.717, 1.165) is 21.0 Å². The van der Waals surface area contributed by atoms with Gasteiger partial charge >= 0.3 is 0 Å². The van der Waals surface area contributed by atoms with Gasteiger partial charge < -0.3 is 5.32 Å². The monoisotopic (exact) mass is 518 g/mol. The highest BCUT2D eigenvalue weighted by Crippen LogP contribution is 2.31. The summed E-state index contributed by atoms with van der Waals surface area (Å²) in [5, 5.41) is 3.48. The number of carbonyl (C=O) groups is 1. The molecule has 1 amide bonds. The van der Waals surface area contributed by atoms with E-state index < -0.39 is 28.5 Å². The lowest BCUT2D eigenvalue weighted by Gasteiger charge is -2.27. The molecule has 0 aliphatic rings. The van der Waals surface area contributed by atoms with Gasteiger partial charge in [-0.25, -0.2) is 8.42 Å². The summed E-state index contributed by atoms with van der Waals surface area (Å²) in [6.07, 6.45) is 0. The Morgan fingerprint density at radius 3 is 2.11 bits per heavy atom. The van der Waals surface area contributed by atoms with Gasteiger partial charge in [0.15, 0.2) is 0 Å². The lowest BCUT2D eigenvalue weighted by Crippen LogP contribution is -2.42. The highest BCUT2D eigenvalue weighted by atomic mass is 35.5. The van der Waals surface area contributed by atoms with Crippen LogP contribution in [0.25, 0.3) is 0 Å². The number of hydrogen-bond acceptors (Lipinski definition) is 3. The number of hydrogen-bond donors (Lipinski definition) is 1. The molecule has 36 heavy (non-hydrogen) atoms. The first-order chi connectivity index (χ1) is 17.3. The molecular weight excluding hydrogens is 492 g/mol. The van der Waals surface area contributed by atoms with E-state index in [0.29, 0.717) is 16.3 Å². The summed E-state index contributed by atoms with van der Waals surface area (Å²) in [7, 11) is -4.05. The molecule has 7 heteroatoms. The number of halogens is 1. The quantitative estimate of drug-likeness (QED) is 0.308. The average molecular weight is 519 g/mol. The molecule has 184 valence electrons. The molecule has 4 aromatic carbocycles. The first kappa shape index (κ1) is 25.5. The van der Waals surface area contributed by atoms with E-state index in [-0.39, 0.29) is 4.90 Å². The number of anilines is 1. The minimum atomic E-state index is -4.05. The fourth-order valence-electron chi connectivity index (χ4n) is 4.08. The minimum Gasteiger partial charge on any atom is -0.344 e. The summed E-state index contributed by atoms with van der Waals surface area (Å²) in [4.78, 5) is 13.6. The van der Waals surface area contributed by atoms with Gasteiger partial charge in [0.25, 0.3) is 10.0 Å². The molecule has 0 spiro atoms. The third-order valence-corrected chi connectivity index (χ3v) is 8.12. The maximum Gasteiger partial charge on any atom is 0.264 e. The Morgan fingerprint density at radius 2 is 1.44 bits per heavy atom. The molecule has 0 aromatic heterocycles. The molecule has 0 heterocycles. The van der Waals surface area contributed by atoms with E-state index in [1.165, 1.54) is 12.1 Å². The molecule has 1 atom stereocenters. The molecule has 4 rings (SSSR count). The van der Waals surface area contributed by atoms with Gasteiger partial charge in [-0.1, -0.05) is 96.0 Å². The number of rotatable bonds is 8. The Morgan fingerprint density at radius 1 is 0.833 bits per heavy atom. The van der Waals surface area contributed by atoms with Crippen LogP contribution in [0.2, 0.25) is 5.02 Å². The third-order valence-electron chi connectivity index (χ3n) is 5.94. The smallest absolute Gasteiger partial charge is 0.264 e. The van der Waals surface area contributed by atoms with Crippen molar-refractivity contribution in [2.24, 2.45) is 0 Å². The van der Waals surface area contributed by atoms with Crippen molar-refractivity contribution >= 4 is 33.2 Å². The summed E-state index contributed by atoms with van der Waals surface area (Å²) in [5.74, 6) is -0.441. The van der Waals surface area contributed by atoms with E-state index in [1.807, 2.05) is 61.5 Å². The summed E-state index contributed by atoms with van der Waals surface area (Å²) >= 11 is 6.33. The Bertz CT molecular complexity index is 1460. The zero-order valence-electron chi connectivity index (χ0n) is 20.1. The van der Waals surface area contributed by atoms with Crippen LogP contribution in [0.4, 0.5) is 5.69 Å². The maximum absolute atomic E-state index is 13.7. The first-order valence-electron chi connectivity index (χ1n) is 11.5. The largest absolute Gasteiger partial charge is 0.344 e. The van der Waals surface area contributed by atoms with E-state index >= 15 is 0 Å². The van der Waals surface area contributed by atoms with Crippen molar-refractivity contribution in [3.63, 3.8) is 0 Å². The average Bonchev–Trinajstić information content (AvgIpc) is 2.88. The minimum absolute atomic E-state index is 0.0930. The molecule has 0 saturated heterocycles. The fourth-order valence-corrected chi connectivity index (χ4v) is 5.75. The Balaban J connectivity index is 1.72. The fraction of sp³-hybridized carbons (Fsp3) is 0.138. The maximum atomic E-state index is 13.7. The Labute approximate surface area is 217 Å². The van der Waals surface area contributed by atoms with E-state index in [4.69, 9.17) is 11.6 Å². The van der Waals surface area contributed by atoms with Crippen LogP contribution in [-0.4, -0.2) is 20.9 Å². The van der Waals surface area contributed by atoms with Crippen LogP contribution < -0.4 is 9.62 Å². The van der Waals surface area contributed by atoms with Crippen LogP contribution in [0.5, 0.6) is 0 Å². The highest BCUT2D eigenvalue weighted by molar-refractivity contribution is 7.92. The second-order valence-corrected chi connectivity index (χ2v) is 10.8. The van der Waals surface area contributed by atoms with Crippen LogP contribution in [0.1, 0.15) is 28.3 Å². The second kappa shape index (κ2) is 11.0. The zero-order valence-corrected chi connectivity index (χ0v) is 21.6. The SMILES string of the molecule is Cc1cccc(C(NC(=O)CN(c2cccc(Cl)c2C)S(=O)(=O)c2ccccc2)c2ccccc2)c1. The lowest BCUT2D eigenvalue weighted by atomic mass is 9.97. The van der Waals surface area contributed by atoms with E-state index in [9.17, 15) is 13.2 Å². The van der Waals surface area contributed by atoms with Gasteiger partial charge in [-0.15, -0.1) is 0 Å². The first-order valence-corrected chi connectivity index (χ1v) is 13.3. The highest BCUT2D eigenvalue weighted by Gasteiger charge is 2.29. The molecule has 5 nitrogen and oxygen atoms in total. The van der Waals surface area contributed by atoms with Gasteiger partial charge in [0.05, 0.1) is 16.6 Å². The molecule has 0 radical (unpaired) electrons. The van der Waals surface area contributed by atoms with Crippen molar-refractivity contribution in [2.75, 3.05) is 10.8 Å².